The summed E-state index contributed by atoms with van der Waals surface area (Å²) in [7, 11) is 0. The molecule has 1 aromatic carbocycles. The maximum Gasteiger partial charge on any atom is 0.243 e. The molecule has 0 aliphatic heterocycles. The second-order valence-electron chi connectivity index (χ2n) is 20.4. The van der Waals surface area contributed by atoms with E-state index in [4.69, 9.17) is 28.3 Å². The van der Waals surface area contributed by atoms with E-state index in [1.807, 2.05) is 41.5 Å². The van der Waals surface area contributed by atoms with Crippen molar-refractivity contribution in [3.05, 3.63) is 35.4 Å². The summed E-state index contributed by atoms with van der Waals surface area (Å²) in [6.07, 6.45) is 2.38. The minimum absolute atomic E-state index is 0.0199. The summed E-state index contributed by atoms with van der Waals surface area (Å²) in [4.78, 5) is 114. The molecule has 1 aromatic rings. The van der Waals surface area contributed by atoms with Gasteiger partial charge in [0.2, 0.25) is 47.3 Å². The number of hydrogen-bond donors (Lipinski definition) is 13. The summed E-state index contributed by atoms with van der Waals surface area (Å²) < 4.78 is 0. The van der Waals surface area contributed by atoms with Gasteiger partial charge >= 0.3 is 0 Å². The third-order valence-corrected chi connectivity index (χ3v) is 11.5. The smallest absolute Gasteiger partial charge is 0.243 e. The molecule has 0 saturated heterocycles. The maximum atomic E-state index is 14.2. The zero-order chi connectivity index (χ0) is 54.8. The van der Waals surface area contributed by atoms with E-state index in [1.165, 1.54) is 6.92 Å². The maximum absolute atomic E-state index is 14.2. The van der Waals surface area contributed by atoms with Gasteiger partial charge in [0.1, 0.15) is 48.1 Å². The largest absolute Gasteiger partial charge is 0.384 e. The third kappa shape index (κ3) is 24.7. The summed E-state index contributed by atoms with van der Waals surface area (Å²) in [6, 6.07) is -0.871. The van der Waals surface area contributed by atoms with Crippen molar-refractivity contribution in [3.63, 3.8) is 0 Å². The lowest BCUT2D eigenvalue weighted by Crippen LogP contribution is -2.61. The second-order valence-corrected chi connectivity index (χ2v) is 20.4. The molecule has 406 valence electrons. The molecule has 0 fully saturated rings. The van der Waals surface area contributed by atoms with E-state index in [0.29, 0.717) is 31.4 Å². The van der Waals surface area contributed by atoms with Crippen LogP contribution in [0, 0.1) is 35.0 Å². The van der Waals surface area contributed by atoms with Crippen LogP contribution in [0.2, 0.25) is 0 Å². The van der Waals surface area contributed by atoms with Crippen LogP contribution in [-0.2, 0) is 44.9 Å². The van der Waals surface area contributed by atoms with E-state index in [0.717, 1.165) is 5.56 Å². The van der Waals surface area contributed by atoms with Gasteiger partial charge in [-0.1, -0.05) is 93.5 Å². The van der Waals surface area contributed by atoms with Crippen LogP contribution in [0.25, 0.3) is 0 Å². The quantitative estimate of drug-likeness (QED) is 0.0262. The fourth-order valence-corrected chi connectivity index (χ4v) is 7.65. The van der Waals surface area contributed by atoms with Gasteiger partial charge in [-0.15, -0.1) is 0 Å². The van der Waals surface area contributed by atoms with Crippen molar-refractivity contribution in [2.45, 2.75) is 176 Å². The van der Waals surface area contributed by atoms with Crippen molar-refractivity contribution in [2.24, 2.45) is 57.5 Å². The molecular formula is C50H88N14O8. The molecule has 7 atom stereocenters. The summed E-state index contributed by atoms with van der Waals surface area (Å²) in [5, 5.41) is 29.8. The number of carbonyl (C=O) groups excluding carboxylic acids is 8. The highest BCUT2D eigenvalue weighted by Crippen LogP contribution is 2.14. The Bertz CT molecular complexity index is 1970. The summed E-state index contributed by atoms with van der Waals surface area (Å²) >= 11 is 0. The van der Waals surface area contributed by atoms with E-state index in [1.54, 1.807) is 52.0 Å². The molecule has 0 heterocycles. The molecule has 0 aromatic heterocycles. The third-order valence-electron chi connectivity index (χ3n) is 11.5. The lowest BCUT2D eigenvalue weighted by atomic mass is 9.97. The molecule has 22 nitrogen and oxygen atoms in total. The normalized spacial score (nSPS) is 14.2. The minimum atomic E-state index is -1.25. The Balaban J connectivity index is 3.41. The molecule has 0 bridgehead atoms. The van der Waals surface area contributed by atoms with Gasteiger partial charge in [-0.3, -0.25) is 48.8 Å². The number of carbonyl (C=O) groups is 8. The molecule has 0 aliphatic carbocycles. The van der Waals surface area contributed by atoms with Gasteiger partial charge in [0, 0.05) is 25.6 Å². The molecule has 72 heavy (non-hydrogen) atoms. The highest BCUT2D eigenvalue weighted by Gasteiger charge is 2.36. The van der Waals surface area contributed by atoms with Crippen molar-refractivity contribution >= 4 is 59.1 Å². The first-order valence-electron chi connectivity index (χ1n) is 25.2. The Morgan fingerprint density at radius 1 is 0.514 bits per heavy atom. The Morgan fingerprint density at radius 3 is 1.29 bits per heavy atom. The second kappa shape index (κ2) is 32.6. The number of hydrogen-bond acceptors (Lipinski definition) is 11. The fraction of sp³-hybridized carbons (Fsp3) is 0.680. The average molecular weight is 1010 g/mol. The predicted octanol–water partition coefficient (Wildman–Crippen LogP) is 0.633. The number of aliphatic imine (C=N–C) groups is 1. The number of rotatable bonds is 33. The van der Waals surface area contributed by atoms with Crippen molar-refractivity contribution in [1.82, 2.24) is 42.5 Å². The van der Waals surface area contributed by atoms with Crippen LogP contribution in [0.1, 0.15) is 139 Å². The highest BCUT2D eigenvalue weighted by molar-refractivity contribution is 5.98. The van der Waals surface area contributed by atoms with Crippen molar-refractivity contribution in [2.75, 3.05) is 13.1 Å². The lowest BCUT2D eigenvalue weighted by molar-refractivity contribution is -0.136. The van der Waals surface area contributed by atoms with Gasteiger partial charge in [0.05, 0.1) is 0 Å². The number of amides is 8. The summed E-state index contributed by atoms with van der Waals surface area (Å²) in [5.74, 6) is -6.09. The first-order chi connectivity index (χ1) is 33.7. The lowest BCUT2D eigenvalue weighted by Gasteiger charge is -2.30. The van der Waals surface area contributed by atoms with E-state index in [2.05, 4.69) is 47.5 Å². The average Bonchev–Trinajstić information content (AvgIpc) is 3.27. The van der Waals surface area contributed by atoms with Gasteiger partial charge < -0.3 is 65.5 Å². The van der Waals surface area contributed by atoms with Crippen LogP contribution in [0.4, 0.5) is 0 Å². The van der Waals surface area contributed by atoms with Crippen LogP contribution in [0.5, 0.6) is 0 Å². The Morgan fingerprint density at radius 2 is 0.903 bits per heavy atom. The van der Waals surface area contributed by atoms with Gasteiger partial charge in [0.15, 0.2) is 5.96 Å². The van der Waals surface area contributed by atoms with Crippen LogP contribution in [0.15, 0.2) is 29.3 Å². The Labute approximate surface area is 426 Å². The molecule has 8 amide bonds. The standard InChI is InChI=1S/C50H88N14O8/c1-27(2)23-37(58-32(11)65)45(68)61-38(24-28(3)4)46(69)62-39(25-29(5)6)47(70)64-41(31(9)10)49(72)60-36(16-14-22-56-50(54)55)44(67)63-40(30(7)8)48(71)59-35(15-12-13-21-51)43(66)57-26-33-17-19-34(20-18-33)42(52)53/h17-20,27-31,35-41H,12-16,21-26,51H2,1-11H3,(H3,52,53)(H,57,66)(H,58,65)(H,59,71)(H,60,72)(H,61,68)(H,62,69)(H,63,67)(H,64,70)(H4,54,55,56)/t35-,36-,37-,38-,39-,40-,41-/m0/s1. The molecule has 22 heteroatoms. The van der Waals surface area contributed by atoms with Gasteiger partial charge in [-0.05, 0) is 93.1 Å². The summed E-state index contributed by atoms with van der Waals surface area (Å²) in [6.45, 7) is 20.1. The zero-order valence-corrected chi connectivity index (χ0v) is 44.5. The molecule has 0 saturated carbocycles. The molecule has 0 unspecified atom stereocenters. The fourth-order valence-electron chi connectivity index (χ4n) is 7.65. The molecule has 17 N–H and O–H groups in total. The molecule has 0 radical (unpaired) electrons. The highest BCUT2D eigenvalue weighted by atomic mass is 16.2. The first kappa shape index (κ1) is 63.7. The topological polar surface area (TPSA) is 373 Å². The summed E-state index contributed by atoms with van der Waals surface area (Å²) in [5.41, 5.74) is 23.6. The van der Waals surface area contributed by atoms with Crippen molar-refractivity contribution in [1.29, 1.82) is 5.41 Å². The predicted molar refractivity (Wildman–Crippen MR) is 279 cm³/mol. The van der Waals surface area contributed by atoms with Gasteiger partial charge in [-0.25, -0.2) is 0 Å². The molecular weight excluding hydrogens is 925 g/mol. The monoisotopic (exact) mass is 1010 g/mol. The van der Waals surface area contributed by atoms with Crippen LogP contribution < -0.4 is 65.5 Å². The van der Waals surface area contributed by atoms with E-state index in [-0.39, 0.29) is 74.7 Å². The Hall–Kier alpha value is -6.32. The Kier molecular flexibility index (Phi) is 28.9. The number of nitrogen functional groups attached to an aromatic ring is 1. The first-order valence-corrected chi connectivity index (χ1v) is 25.2. The van der Waals surface area contributed by atoms with Gasteiger partial charge in [-0.2, -0.15) is 0 Å². The van der Waals surface area contributed by atoms with E-state index < -0.39 is 101 Å². The number of unbranched alkanes of at least 4 members (excludes halogenated alkanes) is 1. The molecule has 1 rings (SSSR count). The van der Waals surface area contributed by atoms with Crippen LogP contribution in [-0.4, -0.2) is 114 Å². The number of nitrogens with two attached hydrogens (primary N) is 4. The number of nitrogens with zero attached hydrogens (tertiary/aromatic N) is 1. The number of amidine groups is 1. The molecule has 0 spiro atoms. The number of benzene rings is 1. The van der Waals surface area contributed by atoms with Gasteiger partial charge in [0.25, 0.3) is 0 Å². The van der Waals surface area contributed by atoms with Crippen LogP contribution in [0.3, 0.4) is 0 Å². The SMILES string of the molecule is CC(=O)N[C@@H](CC(C)C)C(=O)N[C@@H](CC(C)C)C(=O)N[C@@H](CC(C)C)C(=O)N[C@H](C(=O)N[C@@H](CCCN=C(N)N)C(=O)N[C@H](C(=O)N[C@@H](CCCCN)C(=O)NCc1ccc(C(=N)N)cc1)C(C)C)C(C)C. The van der Waals surface area contributed by atoms with Crippen molar-refractivity contribution in [3.8, 4) is 0 Å². The van der Waals surface area contributed by atoms with E-state index >= 15 is 0 Å². The number of guanidine groups is 1. The van der Waals surface area contributed by atoms with Crippen LogP contribution >= 0.6 is 0 Å². The minimum Gasteiger partial charge on any atom is -0.384 e. The number of nitrogens with one attached hydrogen (secondary N) is 9. The molecule has 0 aliphatic rings. The van der Waals surface area contributed by atoms with Crippen molar-refractivity contribution < 1.29 is 38.4 Å². The van der Waals surface area contributed by atoms with E-state index in [9.17, 15) is 38.4 Å². The zero-order valence-electron chi connectivity index (χ0n) is 44.5.